The Kier molecular flexibility index (Phi) is 6.71. The maximum Gasteiger partial charge on any atom is 0.114 e. The van der Waals surface area contributed by atoms with Gasteiger partial charge in [-0.05, 0) is 31.2 Å². The van der Waals surface area contributed by atoms with E-state index in [0.717, 1.165) is 11.1 Å². The van der Waals surface area contributed by atoms with Gasteiger partial charge >= 0.3 is 0 Å². The minimum absolute atomic E-state index is 0.442. The van der Waals surface area contributed by atoms with Crippen molar-refractivity contribution in [1.82, 2.24) is 0 Å². The number of rotatable bonds is 8. The predicted octanol–water partition coefficient (Wildman–Crippen LogP) is 5.66. The Morgan fingerprint density at radius 2 is 1.94 bits per heavy atom. The zero-order valence-corrected chi connectivity index (χ0v) is 13.5. The smallest absolute Gasteiger partial charge is 0.114 e. The lowest BCUT2D eigenvalue weighted by atomic mass is 9.83. The van der Waals surface area contributed by atoms with Gasteiger partial charge in [-0.25, -0.2) is 0 Å². The molecule has 0 radical (unpaired) electrons. The summed E-state index contributed by atoms with van der Waals surface area (Å²) >= 11 is 5.66. The van der Waals surface area contributed by atoms with Crippen molar-refractivity contribution in [2.75, 3.05) is 11.1 Å². The lowest BCUT2D eigenvalue weighted by Crippen LogP contribution is -2.25. The molecular weight excluding hydrogens is 296 g/mol. The fraction of sp³-hybridized carbons (Fsp3) is 0.714. The molecular formula is C14H23BrOS. The van der Waals surface area contributed by atoms with E-state index in [-0.39, 0.29) is 0 Å². The van der Waals surface area contributed by atoms with Crippen molar-refractivity contribution in [3.05, 3.63) is 18.1 Å². The Morgan fingerprint density at radius 1 is 1.29 bits per heavy atom. The third-order valence-electron chi connectivity index (χ3n) is 3.19. The van der Waals surface area contributed by atoms with E-state index in [1.54, 1.807) is 6.26 Å². The highest BCUT2D eigenvalue weighted by Gasteiger charge is 2.27. The molecule has 0 bridgehead atoms. The summed E-state index contributed by atoms with van der Waals surface area (Å²) in [7, 11) is 0. The van der Waals surface area contributed by atoms with Gasteiger partial charge < -0.3 is 4.42 Å². The van der Waals surface area contributed by atoms with Gasteiger partial charge in [0.1, 0.15) is 5.76 Å². The highest BCUT2D eigenvalue weighted by atomic mass is 79.9. The standard InChI is InChI=1S/C14H23BrOS/c1-4-7-14(10-15,8-5-2)11-17-13-6-9-16-12(13)3/h6,9H,4-5,7-8,10-11H2,1-3H3. The number of furan rings is 1. The molecule has 0 aliphatic heterocycles. The Labute approximate surface area is 118 Å². The lowest BCUT2D eigenvalue weighted by Gasteiger charge is -2.31. The maximum atomic E-state index is 5.35. The van der Waals surface area contributed by atoms with E-state index in [1.165, 1.54) is 36.3 Å². The summed E-state index contributed by atoms with van der Waals surface area (Å²) in [4.78, 5) is 1.29. The zero-order valence-electron chi connectivity index (χ0n) is 11.1. The molecule has 1 rings (SSSR count). The average molecular weight is 319 g/mol. The van der Waals surface area contributed by atoms with Crippen molar-refractivity contribution < 1.29 is 4.42 Å². The van der Waals surface area contributed by atoms with Crippen LogP contribution < -0.4 is 0 Å². The summed E-state index contributed by atoms with van der Waals surface area (Å²) in [5.74, 6) is 2.23. The van der Waals surface area contributed by atoms with Gasteiger partial charge in [-0.3, -0.25) is 0 Å². The van der Waals surface area contributed by atoms with Gasteiger partial charge in [0, 0.05) is 16.0 Å². The van der Waals surface area contributed by atoms with Gasteiger partial charge in [-0.15, -0.1) is 11.8 Å². The molecule has 1 aromatic heterocycles. The molecule has 0 fully saturated rings. The van der Waals surface area contributed by atoms with Gasteiger partial charge in [0.2, 0.25) is 0 Å². The van der Waals surface area contributed by atoms with Crippen LogP contribution in [0.25, 0.3) is 0 Å². The normalized spacial score (nSPS) is 12.0. The number of hydrogen-bond acceptors (Lipinski definition) is 2. The molecule has 0 aliphatic carbocycles. The Hall–Kier alpha value is 0.110. The molecule has 0 N–H and O–H groups in total. The summed E-state index contributed by atoms with van der Waals surface area (Å²) in [6, 6.07) is 2.08. The fourth-order valence-electron chi connectivity index (χ4n) is 2.26. The third kappa shape index (κ3) is 4.36. The van der Waals surface area contributed by atoms with E-state index in [0.29, 0.717) is 5.41 Å². The minimum atomic E-state index is 0.442. The molecule has 1 heterocycles. The third-order valence-corrected chi connectivity index (χ3v) is 5.87. The quantitative estimate of drug-likeness (QED) is 0.453. The first-order valence-corrected chi connectivity index (χ1v) is 8.51. The van der Waals surface area contributed by atoms with E-state index in [2.05, 4.69) is 35.8 Å². The maximum absolute atomic E-state index is 5.35. The average Bonchev–Trinajstić information content (AvgIpc) is 2.72. The molecule has 98 valence electrons. The Morgan fingerprint density at radius 3 is 2.35 bits per heavy atom. The highest BCUT2D eigenvalue weighted by Crippen LogP contribution is 2.38. The first-order chi connectivity index (χ1) is 8.17. The number of thioether (sulfide) groups is 1. The van der Waals surface area contributed by atoms with Crippen LogP contribution in [0, 0.1) is 12.3 Å². The zero-order chi connectivity index (χ0) is 12.7. The first kappa shape index (κ1) is 15.2. The van der Waals surface area contributed by atoms with Gasteiger partial charge in [0.25, 0.3) is 0 Å². The van der Waals surface area contributed by atoms with E-state index in [9.17, 15) is 0 Å². The van der Waals surface area contributed by atoms with Gasteiger partial charge in [-0.1, -0.05) is 42.6 Å². The summed E-state index contributed by atoms with van der Waals surface area (Å²) in [5.41, 5.74) is 0.442. The van der Waals surface area contributed by atoms with Crippen molar-refractivity contribution in [3.63, 3.8) is 0 Å². The molecule has 1 nitrogen and oxygen atoms in total. The second-order valence-electron chi connectivity index (χ2n) is 4.76. The molecule has 1 aromatic rings. The van der Waals surface area contributed by atoms with Crippen molar-refractivity contribution >= 4 is 27.7 Å². The molecule has 0 aliphatic rings. The van der Waals surface area contributed by atoms with Crippen LogP contribution in [0.2, 0.25) is 0 Å². The van der Waals surface area contributed by atoms with Crippen LogP contribution >= 0.6 is 27.7 Å². The van der Waals surface area contributed by atoms with Crippen LogP contribution in [0.3, 0.4) is 0 Å². The van der Waals surface area contributed by atoms with Crippen LogP contribution in [-0.4, -0.2) is 11.1 Å². The number of alkyl halides is 1. The van der Waals surface area contributed by atoms with E-state index < -0.39 is 0 Å². The van der Waals surface area contributed by atoms with Crippen molar-refractivity contribution in [2.45, 2.75) is 51.3 Å². The first-order valence-electron chi connectivity index (χ1n) is 6.40. The predicted molar refractivity (Wildman–Crippen MR) is 80.2 cm³/mol. The second-order valence-corrected chi connectivity index (χ2v) is 6.34. The molecule has 0 aromatic carbocycles. The van der Waals surface area contributed by atoms with Gasteiger partial charge in [-0.2, -0.15) is 0 Å². The monoisotopic (exact) mass is 318 g/mol. The molecule has 0 unspecified atom stereocenters. The molecule has 0 saturated heterocycles. The minimum Gasteiger partial charge on any atom is -0.468 e. The molecule has 3 heteroatoms. The van der Waals surface area contributed by atoms with Crippen molar-refractivity contribution in [2.24, 2.45) is 5.41 Å². The second kappa shape index (κ2) is 7.52. The van der Waals surface area contributed by atoms with Gasteiger partial charge in [0.05, 0.1) is 6.26 Å². The summed E-state index contributed by atoms with van der Waals surface area (Å²) < 4.78 is 5.35. The van der Waals surface area contributed by atoms with Crippen LogP contribution in [0.5, 0.6) is 0 Å². The van der Waals surface area contributed by atoms with Crippen LogP contribution in [-0.2, 0) is 0 Å². The summed E-state index contributed by atoms with van der Waals surface area (Å²) in [6.45, 7) is 6.60. The lowest BCUT2D eigenvalue weighted by molar-refractivity contribution is 0.320. The molecule has 17 heavy (non-hydrogen) atoms. The fourth-order valence-corrected chi connectivity index (χ4v) is 4.53. The molecule has 0 saturated carbocycles. The van der Waals surface area contributed by atoms with E-state index in [4.69, 9.17) is 4.42 Å². The van der Waals surface area contributed by atoms with Crippen molar-refractivity contribution in [1.29, 1.82) is 0 Å². The largest absolute Gasteiger partial charge is 0.468 e. The molecule has 0 atom stereocenters. The van der Waals surface area contributed by atoms with Crippen LogP contribution in [0.1, 0.15) is 45.3 Å². The van der Waals surface area contributed by atoms with Crippen LogP contribution in [0.4, 0.5) is 0 Å². The Balaban J connectivity index is 2.62. The Bertz CT molecular complexity index is 316. The van der Waals surface area contributed by atoms with Crippen molar-refractivity contribution in [3.8, 4) is 0 Å². The summed E-state index contributed by atoms with van der Waals surface area (Å²) in [5, 5.41) is 1.10. The van der Waals surface area contributed by atoms with E-state index in [1.807, 2.05) is 18.7 Å². The van der Waals surface area contributed by atoms with E-state index >= 15 is 0 Å². The SMILES string of the molecule is CCCC(CBr)(CCC)CSc1ccoc1C. The molecule has 0 spiro atoms. The highest BCUT2D eigenvalue weighted by molar-refractivity contribution is 9.09. The topological polar surface area (TPSA) is 13.1 Å². The number of halogens is 1. The number of aryl methyl sites for hydroxylation is 1. The molecule has 0 amide bonds. The van der Waals surface area contributed by atoms with Crippen LogP contribution in [0.15, 0.2) is 21.6 Å². The number of hydrogen-bond donors (Lipinski definition) is 0. The van der Waals surface area contributed by atoms with Gasteiger partial charge in [0.15, 0.2) is 0 Å². The summed E-state index contributed by atoms with van der Waals surface area (Å²) in [6.07, 6.45) is 6.91.